The highest BCUT2D eigenvalue weighted by Gasteiger charge is 2.45. The second kappa shape index (κ2) is 13.4. The zero-order chi connectivity index (χ0) is 41.1. The van der Waals surface area contributed by atoms with Crippen LogP contribution in [0.5, 0.6) is 11.5 Å². The first-order valence-electron chi connectivity index (χ1n) is 21.8. The average Bonchev–Trinajstić information content (AvgIpc) is 3.98. The molecule has 12 rings (SSSR count). The Labute approximate surface area is 357 Å². The summed E-state index contributed by atoms with van der Waals surface area (Å²) in [5.74, 6) is 2.32. The van der Waals surface area contributed by atoms with Crippen LogP contribution in [-0.2, 0) is 11.8 Å². The molecule has 0 N–H and O–H groups in total. The van der Waals surface area contributed by atoms with Gasteiger partial charge in [-0.05, 0) is 154 Å². The second-order valence-corrected chi connectivity index (χ2v) is 18.0. The highest BCUT2D eigenvalue weighted by molar-refractivity contribution is 6.22. The van der Waals surface area contributed by atoms with Crippen molar-refractivity contribution >= 4 is 60.8 Å². The molecule has 0 bridgehead atoms. The van der Waals surface area contributed by atoms with Crippen LogP contribution in [0.2, 0.25) is 0 Å². The third-order valence-electron chi connectivity index (χ3n) is 14.3. The highest BCUT2D eigenvalue weighted by atomic mass is 16.5. The van der Waals surface area contributed by atoms with Gasteiger partial charge in [-0.15, -0.1) is 0 Å². The van der Waals surface area contributed by atoms with E-state index in [9.17, 15) is 0 Å². The fourth-order valence-corrected chi connectivity index (χ4v) is 11.2. The first kappa shape index (κ1) is 36.1. The van der Waals surface area contributed by atoms with Crippen molar-refractivity contribution in [1.29, 1.82) is 0 Å². The molecule has 2 atom stereocenters. The standard InChI is InChI=1S/C57H48N2O2/c1-34-51-45-29-28-44-50(58(38-20-24-40(60-4)25-21-38)48-18-10-14-35-12-6-8-16-42(35)48)32-37-30-31-57(2,3)47-33-46(54(45)55(44)53(37)47)56(52(34)51)59(39-22-26-41(61-5)27-23-39)49-19-11-15-36-13-7-9-17-43(36)49/h6-14,16-29,32-33,36,51H,15,30-31H2,1-5H3. The third kappa shape index (κ3) is 5.31. The van der Waals surface area contributed by atoms with Crippen LogP contribution in [-0.4, -0.2) is 14.2 Å². The molecule has 2 unspecified atom stereocenters. The van der Waals surface area contributed by atoms with E-state index in [0.29, 0.717) is 5.92 Å². The summed E-state index contributed by atoms with van der Waals surface area (Å²) in [4.78, 5) is 5.10. The Morgan fingerprint density at radius 1 is 0.672 bits per heavy atom. The van der Waals surface area contributed by atoms with E-state index < -0.39 is 0 Å². The molecule has 4 heteroatoms. The van der Waals surface area contributed by atoms with Crippen molar-refractivity contribution in [2.75, 3.05) is 24.0 Å². The maximum Gasteiger partial charge on any atom is 0.119 e. The first-order valence-corrected chi connectivity index (χ1v) is 21.8. The van der Waals surface area contributed by atoms with Crippen molar-refractivity contribution in [3.05, 3.63) is 196 Å². The number of hydrogen-bond acceptors (Lipinski definition) is 4. The van der Waals surface area contributed by atoms with E-state index >= 15 is 0 Å². The van der Waals surface area contributed by atoms with E-state index in [-0.39, 0.29) is 11.3 Å². The van der Waals surface area contributed by atoms with Crippen molar-refractivity contribution in [2.24, 2.45) is 5.92 Å². The monoisotopic (exact) mass is 792 g/mol. The van der Waals surface area contributed by atoms with Crippen LogP contribution in [0, 0.1) is 5.92 Å². The van der Waals surface area contributed by atoms with Crippen LogP contribution >= 0.6 is 0 Å². The van der Waals surface area contributed by atoms with Gasteiger partial charge in [0.25, 0.3) is 0 Å². The Morgan fingerprint density at radius 2 is 1.41 bits per heavy atom. The van der Waals surface area contributed by atoms with Crippen LogP contribution < -0.4 is 24.5 Å². The second-order valence-electron chi connectivity index (χ2n) is 18.0. The molecule has 7 aromatic carbocycles. The molecule has 298 valence electrons. The maximum absolute atomic E-state index is 5.71. The zero-order valence-corrected chi connectivity index (χ0v) is 35.4. The number of ether oxygens (including phenoxy) is 2. The van der Waals surface area contributed by atoms with Gasteiger partial charge in [-0.25, -0.2) is 0 Å². The molecule has 0 aromatic heterocycles. The van der Waals surface area contributed by atoms with Gasteiger partial charge in [-0.2, -0.15) is 0 Å². The maximum atomic E-state index is 5.71. The fraction of sp³-hybridized carbons (Fsp3) is 0.193. The molecule has 0 spiro atoms. The minimum absolute atomic E-state index is 0.0119. The number of allylic oxidation sites excluding steroid dienone is 8. The summed E-state index contributed by atoms with van der Waals surface area (Å²) in [6.45, 7) is 7.29. The first-order chi connectivity index (χ1) is 29.8. The number of hydrogen-bond donors (Lipinski definition) is 0. The van der Waals surface area contributed by atoms with Gasteiger partial charge < -0.3 is 19.3 Å². The molecule has 4 nitrogen and oxygen atoms in total. The number of fused-ring (bicyclic) bond motifs is 4. The Balaban J connectivity index is 1.22. The largest absolute Gasteiger partial charge is 0.497 e. The predicted molar refractivity (Wildman–Crippen MR) is 254 cm³/mol. The Hall–Kier alpha value is -6.78. The number of benzene rings is 7. The number of rotatable bonds is 8. The van der Waals surface area contributed by atoms with Crippen LogP contribution in [0.1, 0.15) is 56.2 Å². The van der Waals surface area contributed by atoms with Crippen LogP contribution in [0.25, 0.3) is 38.0 Å². The summed E-state index contributed by atoms with van der Waals surface area (Å²) in [5, 5.41) is 9.29. The van der Waals surface area contributed by atoms with E-state index in [0.717, 1.165) is 47.8 Å². The normalized spacial score (nSPS) is 19.1. The molecular formula is C57H48N2O2. The van der Waals surface area contributed by atoms with E-state index in [1.807, 2.05) is 0 Å². The summed E-state index contributed by atoms with van der Waals surface area (Å²) in [6, 6.07) is 42.8. The zero-order valence-electron chi connectivity index (χ0n) is 35.4. The molecule has 0 saturated carbocycles. The molecule has 61 heavy (non-hydrogen) atoms. The molecule has 5 aliphatic rings. The number of anilines is 4. The van der Waals surface area contributed by atoms with Gasteiger partial charge in [0.05, 0.1) is 31.3 Å². The lowest BCUT2D eigenvalue weighted by molar-refractivity contribution is 0.414. The van der Waals surface area contributed by atoms with Gasteiger partial charge in [-0.1, -0.05) is 98.3 Å². The summed E-state index contributed by atoms with van der Waals surface area (Å²) < 4.78 is 11.4. The summed E-state index contributed by atoms with van der Waals surface area (Å²) in [5.41, 5.74) is 15.8. The van der Waals surface area contributed by atoms with Crippen molar-refractivity contribution in [3.8, 4) is 11.5 Å². The van der Waals surface area contributed by atoms with Crippen LogP contribution in [0.3, 0.4) is 0 Å². The van der Waals surface area contributed by atoms with Crippen molar-refractivity contribution in [1.82, 2.24) is 0 Å². The minimum Gasteiger partial charge on any atom is -0.497 e. The Kier molecular flexibility index (Phi) is 7.91. The molecule has 0 heterocycles. The van der Waals surface area contributed by atoms with Crippen LogP contribution in [0.15, 0.2) is 174 Å². The van der Waals surface area contributed by atoms with Gasteiger partial charge in [-0.3, -0.25) is 0 Å². The molecule has 0 aliphatic heterocycles. The van der Waals surface area contributed by atoms with E-state index in [2.05, 4.69) is 182 Å². The van der Waals surface area contributed by atoms with Crippen molar-refractivity contribution in [2.45, 2.75) is 51.4 Å². The van der Waals surface area contributed by atoms with Gasteiger partial charge in [0.1, 0.15) is 11.5 Å². The predicted octanol–water partition coefficient (Wildman–Crippen LogP) is 13.6. The Bertz CT molecular complexity index is 3230. The smallest absolute Gasteiger partial charge is 0.119 e. The molecule has 5 aliphatic carbocycles. The third-order valence-corrected chi connectivity index (χ3v) is 14.3. The molecule has 0 amide bonds. The van der Waals surface area contributed by atoms with Gasteiger partial charge in [0.15, 0.2) is 0 Å². The van der Waals surface area contributed by atoms with E-state index in [4.69, 9.17) is 9.47 Å². The summed E-state index contributed by atoms with van der Waals surface area (Å²) in [6.07, 6.45) is 17.0. The van der Waals surface area contributed by atoms with Crippen molar-refractivity contribution < 1.29 is 9.47 Å². The molecule has 0 saturated heterocycles. The number of methoxy groups -OCH3 is 2. The summed E-state index contributed by atoms with van der Waals surface area (Å²) in [7, 11) is 3.49. The molecule has 0 radical (unpaired) electrons. The minimum atomic E-state index is -0.0119. The number of aryl methyl sites for hydroxylation is 1. The Morgan fingerprint density at radius 3 is 2.18 bits per heavy atom. The topological polar surface area (TPSA) is 24.9 Å². The molecule has 7 aromatic rings. The lowest BCUT2D eigenvalue weighted by atomic mass is 9.70. The van der Waals surface area contributed by atoms with Gasteiger partial charge >= 0.3 is 0 Å². The average molecular weight is 793 g/mol. The lowest BCUT2D eigenvalue weighted by Gasteiger charge is -2.38. The van der Waals surface area contributed by atoms with Crippen molar-refractivity contribution in [3.63, 3.8) is 0 Å². The number of nitrogens with zero attached hydrogens (tertiary/aromatic N) is 2. The fourth-order valence-electron chi connectivity index (χ4n) is 11.2. The highest BCUT2D eigenvalue weighted by Crippen LogP contribution is 2.60. The van der Waals surface area contributed by atoms with Gasteiger partial charge in [0.2, 0.25) is 0 Å². The van der Waals surface area contributed by atoms with E-state index in [1.54, 1.807) is 14.2 Å². The quantitative estimate of drug-likeness (QED) is 0.153. The molecular weight excluding hydrogens is 745 g/mol. The van der Waals surface area contributed by atoms with Gasteiger partial charge in [0, 0.05) is 44.9 Å². The summed E-state index contributed by atoms with van der Waals surface area (Å²) >= 11 is 0. The molecule has 0 fully saturated rings. The lowest BCUT2D eigenvalue weighted by Crippen LogP contribution is -2.33. The van der Waals surface area contributed by atoms with E-state index in [1.165, 1.54) is 88.0 Å². The SMILES string of the molecule is COc1ccc(N(C2=C3C=CC=CC3CC=C2)C2=c3cc4c5c(cc(N(c6ccc(OC)cc6)c6cccc7ccccc67)c6ccc(c3c65)C3C(C)=C23)CCC4(C)C)cc1. The van der Waals surface area contributed by atoms with Crippen LogP contribution in [0.4, 0.5) is 22.7 Å².